The Morgan fingerprint density at radius 3 is 2.75 bits per heavy atom. The molecule has 0 saturated carbocycles. The molecule has 1 N–H and O–H groups in total. The highest BCUT2D eigenvalue weighted by Crippen LogP contribution is 2.30. The van der Waals surface area contributed by atoms with Crippen molar-refractivity contribution in [1.29, 1.82) is 0 Å². The van der Waals surface area contributed by atoms with Crippen molar-refractivity contribution in [3.8, 4) is 0 Å². The summed E-state index contributed by atoms with van der Waals surface area (Å²) >= 11 is 0. The van der Waals surface area contributed by atoms with Gasteiger partial charge in [0.25, 0.3) is 0 Å². The van der Waals surface area contributed by atoms with E-state index in [0.717, 1.165) is 19.3 Å². The van der Waals surface area contributed by atoms with Gasteiger partial charge in [-0.3, -0.25) is 0 Å². The highest BCUT2D eigenvalue weighted by atomic mass is 16.5. The zero-order valence-corrected chi connectivity index (χ0v) is 8.34. The topological polar surface area (TPSA) is 29.5 Å². The van der Waals surface area contributed by atoms with Gasteiger partial charge in [0.1, 0.15) is 0 Å². The summed E-state index contributed by atoms with van der Waals surface area (Å²) in [5.74, 6) is 0.639. The van der Waals surface area contributed by atoms with Crippen molar-refractivity contribution in [2.24, 2.45) is 5.92 Å². The first kappa shape index (κ1) is 10.0. The molecular formula is C10H20O2. The van der Waals surface area contributed by atoms with Crippen molar-refractivity contribution in [1.82, 2.24) is 0 Å². The SMILES string of the molecule is CC(C)CC1(C)CC(O)CCO1. The number of hydrogen-bond acceptors (Lipinski definition) is 2. The Labute approximate surface area is 74.9 Å². The van der Waals surface area contributed by atoms with Gasteiger partial charge in [0, 0.05) is 13.0 Å². The molecule has 1 heterocycles. The van der Waals surface area contributed by atoms with Crippen LogP contribution in [0.3, 0.4) is 0 Å². The molecule has 1 aliphatic heterocycles. The molecule has 0 aromatic carbocycles. The lowest BCUT2D eigenvalue weighted by Gasteiger charge is -2.37. The van der Waals surface area contributed by atoms with Crippen molar-refractivity contribution in [2.75, 3.05) is 6.61 Å². The minimum Gasteiger partial charge on any atom is -0.393 e. The van der Waals surface area contributed by atoms with E-state index in [1.807, 2.05) is 0 Å². The first-order chi connectivity index (χ1) is 5.52. The van der Waals surface area contributed by atoms with Gasteiger partial charge >= 0.3 is 0 Å². The Morgan fingerprint density at radius 2 is 2.25 bits per heavy atom. The fourth-order valence-electron chi connectivity index (χ4n) is 2.11. The standard InChI is InChI=1S/C10H20O2/c1-8(2)6-10(3)7-9(11)4-5-12-10/h8-9,11H,4-7H2,1-3H3. The fraction of sp³-hybridized carbons (Fsp3) is 1.00. The Bertz CT molecular complexity index is 141. The molecule has 2 atom stereocenters. The average molecular weight is 172 g/mol. The maximum atomic E-state index is 9.48. The van der Waals surface area contributed by atoms with E-state index in [1.54, 1.807) is 0 Å². The zero-order chi connectivity index (χ0) is 9.19. The predicted molar refractivity (Wildman–Crippen MR) is 49.1 cm³/mol. The largest absolute Gasteiger partial charge is 0.393 e. The van der Waals surface area contributed by atoms with Gasteiger partial charge in [0.2, 0.25) is 0 Å². The minimum absolute atomic E-state index is 0.0775. The van der Waals surface area contributed by atoms with Gasteiger partial charge in [0.15, 0.2) is 0 Å². The maximum absolute atomic E-state index is 9.48. The van der Waals surface area contributed by atoms with E-state index in [2.05, 4.69) is 20.8 Å². The molecule has 1 rings (SSSR count). The van der Waals surface area contributed by atoms with Crippen LogP contribution in [0.5, 0.6) is 0 Å². The third-order valence-corrected chi connectivity index (χ3v) is 2.41. The van der Waals surface area contributed by atoms with Crippen molar-refractivity contribution in [2.45, 2.75) is 51.7 Å². The molecule has 12 heavy (non-hydrogen) atoms. The van der Waals surface area contributed by atoms with Crippen molar-refractivity contribution >= 4 is 0 Å². The van der Waals surface area contributed by atoms with Crippen LogP contribution in [0.2, 0.25) is 0 Å². The van der Waals surface area contributed by atoms with E-state index < -0.39 is 0 Å². The Hall–Kier alpha value is -0.0800. The highest BCUT2D eigenvalue weighted by molar-refractivity contribution is 4.83. The Balaban J connectivity index is 2.45. The van der Waals surface area contributed by atoms with Crippen LogP contribution in [-0.4, -0.2) is 23.4 Å². The molecule has 2 unspecified atom stereocenters. The zero-order valence-electron chi connectivity index (χ0n) is 8.34. The van der Waals surface area contributed by atoms with Gasteiger partial charge in [-0.2, -0.15) is 0 Å². The van der Waals surface area contributed by atoms with Gasteiger partial charge in [0.05, 0.1) is 11.7 Å². The maximum Gasteiger partial charge on any atom is 0.0681 e. The normalized spacial score (nSPS) is 37.2. The van der Waals surface area contributed by atoms with E-state index in [1.165, 1.54) is 0 Å². The molecule has 1 saturated heterocycles. The molecule has 72 valence electrons. The minimum atomic E-state index is -0.150. The Kier molecular flexibility index (Phi) is 3.13. The molecule has 2 heteroatoms. The monoisotopic (exact) mass is 172 g/mol. The van der Waals surface area contributed by atoms with Crippen molar-refractivity contribution < 1.29 is 9.84 Å². The van der Waals surface area contributed by atoms with Crippen LogP contribution < -0.4 is 0 Å². The molecule has 2 nitrogen and oxygen atoms in total. The van der Waals surface area contributed by atoms with Gasteiger partial charge < -0.3 is 9.84 Å². The summed E-state index contributed by atoms with van der Waals surface area (Å²) < 4.78 is 5.69. The summed E-state index contributed by atoms with van der Waals surface area (Å²) in [5, 5.41) is 9.48. The quantitative estimate of drug-likeness (QED) is 0.690. The summed E-state index contributed by atoms with van der Waals surface area (Å²) in [6.45, 7) is 7.20. The molecule has 0 radical (unpaired) electrons. The molecule has 0 aliphatic carbocycles. The van der Waals surface area contributed by atoms with Gasteiger partial charge in [-0.05, 0) is 25.7 Å². The van der Waals surface area contributed by atoms with Gasteiger partial charge in [-0.25, -0.2) is 0 Å². The van der Waals surface area contributed by atoms with E-state index in [4.69, 9.17) is 4.74 Å². The van der Waals surface area contributed by atoms with Crippen LogP contribution in [0, 0.1) is 5.92 Å². The van der Waals surface area contributed by atoms with Crippen LogP contribution in [0.1, 0.15) is 40.0 Å². The molecule has 0 aromatic rings. The predicted octanol–water partition coefficient (Wildman–Crippen LogP) is 1.96. The lowest BCUT2D eigenvalue weighted by atomic mass is 9.86. The number of ether oxygens (including phenoxy) is 1. The van der Waals surface area contributed by atoms with Crippen LogP contribution in [0.15, 0.2) is 0 Å². The Morgan fingerprint density at radius 1 is 1.58 bits per heavy atom. The number of rotatable bonds is 2. The lowest BCUT2D eigenvalue weighted by Crippen LogP contribution is -2.40. The molecule has 0 spiro atoms. The first-order valence-corrected chi connectivity index (χ1v) is 4.84. The second kappa shape index (κ2) is 3.75. The van der Waals surface area contributed by atoms with Gasteiger partial charge in [-0.15, -0.1) is 0 Å². The summed E-state index contributed by atoms with van der Waals surface area (Å²) in [7, 11) is 0. The molecule has 1 fully saturated rings. The van der Waals surface area contributed by atoms with E-state index in [9.17, 15) is 5.11 Å². The summed E-state index contributed by atoms with van der Waals surface area (Å²) in [5.41, 5.74) is -0.0775. The van der Waals surface area contributed by atoms with Crippen LogP contribution >= 0.6 is 0 Å². The van der Waals surface area contributed by atoms with E-state index in [-0.39, 0.29) is 11.7 Å². The van der Waals surface area contributed by atoms with Gasteiger partial charge in [-0.1, -0.05) is 13.8 Å². The van der Waals surface area contributed by atoms with Crippen molar-refractivity contribution in [3.05, 3.63) is 0 Å². The summed E-state index contributed by atoms with van der Waals surface area (Å²) in [6, 6.07) is 0. The molecule has 0 bridgehead atoms. The number of hydrogen-bond donors (Lipinski definition) is 1. The summed E-state index contributed by atoms with van der Waals surface area (Å²) in [6.07, 6.45) is 2.49. The second-order valence-electron chi connectivity index (χ2n) is 4.54. The third-order valence-electron chi connectivity index (χ3n) is 2.41. The number of aliphatic hydroxyl groups excluding tert-OH is 1. The third kappa shape index (κ3) is 2.76. The average Bonchev–Trinajstić information content (AvgIpc) is 1.82. The fourth-order valence-corrected chi connectivity index (χ4v) is 2.11. The second-order valence-corrected chi connectivity index (χ2v) is 4.54. The van der Waals surface area contributed by atoms with E-state index >= 15 is 0 Å². The highest BCUT2D eigenvalue weighted by Gasteiger charge is 2.32. The van der Waals surface area contributed by atoms with E-state index in [0.29, 0.717) is 12.5 Å². The molecule has 1 aliphatic rings. The lowest BCUT2D eigenvalue weighted by molar-refractivity contribution is -0.116. The molecule has 0 aromatic heterocycles. The van der Waals surface area contributed by atoms with Crippen LogP contribution in [0.25, 0.3) is 0 Å². The summed E-state index contributed by atoms with van der Waals surface area (Å²) in [4.78, 5) is 0. The first-order valence-electron chi connectivity index (χ1n) is 4.84. The molecule has 0 amide bonds. The number of aliphatic hydroxyl groups is 1. The van der Waals surface area contributed by atoms with Crippen LogP contribution in [0.4, 0.5) is 0 Å². The smallest absolute Gasteiger partial charge is 0.0681 e. The van der Waals surface area contributed by atoms with Crippen LogP contribution in [-0.2, 0) is 4.74 Å². The van der Waals surface area contributed by atoms with Crippen molar-refractivity contribution in [3.63, 3.8) is 0 Å². The molecular weight excluding hydrogens is 152 g/mol.